The lowest BCUT2D eigenvalue weighted by molar-refractivity contribution is -0.127. The van der Waals surface area contributed by atoms with Gasteiger partial charge in [0.1, 0.15) is 5.54 Å². The normalized spacial score (nSPS) is 42.8. The smallest absolute Gasteiger partial charge is 0.157 e. The van der Waals surface area contributed by atoms with E-state index >= 15 is 0 Å². The third kappa shape index (κ3) is 1.76. The van der Waals surface area contributed by atoms with Gasteiger partial charge in [-0.05, 0) is 31.4 Å². The van der Waals surface area contributed by atoms with Gasteiger partial charge in [-0.3, -0.25) is 4.79 Å². The summed E-state index contributed by atoms with van der Waals surface area (Å²) in [6, 6.07) is -3.28. The van der Waals surface area contributed by atoms with Crippen LogP contribution in [0.15, 0.2) is 24.2 Å². The molecule has 1 atom stereocenters. The molecule has 1 N–H and O–H groups in total. The van der Waals surface area contributed by atoms with E-state index in [4.69, 9.17) is 26.7 Å². The Morgan fingerprint density at radius 2 is 2.44 bits per heavy atom. The van der Waals surface area contributed by atoms with Crippen LogP contribution in [0.1, 0.15) is 46.2 Å². The lowest BCUT2D eigenvalue weighted by Crippen LogP contribution is -2.49. The first-order valence-electron chi connectivity index (χ1n) is 10.1. The third-order valence-electron chi connectivity index (χ3n) is 2.38. The van der Waals surface area contributed by atoms with Crippen LogP contribution >= 0.6 is 11.6 Å². The molecular weight excluding hydrogens is 222 g/mol. The van der Waals surface area contributed by atoms with E-state index in [1.54, 1.807) is 0 Å². The maximum Gasteiger partial charge on any atom is 0.157 e. The van der Waals surface area contributed by atoms with Crippen molar-refractivity contribution in [3.05, 3.63) is 34.8 Å². The van der Waals surface area contributed by atoms with E-state index in [1.165, 1.54) is 0 Å². The SMILES string of the molecule is [2H]c1c([2H])c([2H])c(C2(NC([2H])([2H])[2H])C(=O)CCC([2H])([2H])C2([2H])[2H])c(Cl)c1[2H]. The van der Waals surface area contributed by atoms with Crippen LogP contribution in [-0.4, -0.2) is 12.8 Å². The first-order chi connectivity index (χ1) is 12.0. The van der Waals surface area contributed by atoms with Crippen LogP contribution in [0, 0.1) is 0 Å². The van der Waals surface area contributed by atoms with E-state index in [-0.39, 0.29) is 0 Å². The second kappa shape index (κ2) is 4.56. The first kappa shape index (κ1) is 4.11. The predicted octanol–water partition coefficient (Wildman–Crippen LogP) is 2.90. The summed E-state index contributed by atoms with van der Waals surface area (Å²) in [6.07, 6.45) is -6.94. The summed E-state index contributed by atoms with van der Waals surface area (Å²) in [4.78, 5) is 12.9. The minimum atomic E-state index is -3.19. The van der Waals surface area contributed by atoms with Crippen molar-refractivity contribution in [2.24, 2.45) is 0 Å². The fourth-order valence-corrected chi connectivity index (χ4v) is 1.79. The topological polar surface area (TPSA) is 29.1 Å². The molecule has 3 heteroatoms. The molecule has 1 aromatic carbocycles. The van der Waals surface area contributed by atoms with E-state index in [2.05, 4.69) is 0 Å². The number of likely N-dealkylation sites (N-methyl/N-ethyl adjacent to an activating group) is 1. The van der Waals surface area contributed by atoms with Crippen molar-refractivity contribution in [3.63, 3.8) is 0 Å². The number of rotatable bonds is 2. The fraction of sp³-hybridized carbons (Fsp3) is 0.462. The molecule has 1 fully saturated rings. The Morgan fingerprint density at radius 1 is 1.62 bits per heavy atom. The molecule has 16 heavy (non-hydrogen) atoms. The standard InChI is InChI=1S/C13H16ClNO/c1-15-13(9-5-4-8-12(13)16)10-6-2-3-7-11(10)14/h2-3,6-7,15H,4-5,8-9H2,1H3/i1D3,2D,3D,5D2,6D,7D,9D2. The van der Waals surface area contributed by atoms with Crippen molar-refractivity contribution in [2.75, 3.05) is 6.98 Å². The largest absolute Gasteiger partial charge is 0.304 e. The number of nitrogens with one attached hydrogen (secondary N) is 1. The summed E-state index contributed by atoms with van der Waals surface area (Å²) in [5.74, 6) is -1.06. The average molecular weight is 249 g/mol. The molecule has 0 radical (unpaired) electrons. The fourth-order valence-electron chi connectivity index (χ4n) is 1.55. The zero-order chi connectivity index (χ0) is 21.2. The van der Waals surface area contributed by atoms with Gasteiger partial charge in [0.2, 0.25) is 0 Å². The first-order valence-corrected chi connectivity index (χ1v) is 4.98. The summed E-state index contributed by atoms with van der Waals surface area (Å²) >= 11 is 6.04. The Balaban J connectivity index is 3.04. The molecule has 2 rings (SSSR count). The summed E-state index contributed by atoms with van der Waals surface area (Å²) in [5.41, 5.74) is -3.75. The molecule has 0 bridgehead atoms. The maximum absolute atomic E-state index is 12.9. The van der Waals surface area contributed by atoms with Crippen LogP contribution in [-0.2, 0) is 10.3 Å². The summed E-state index contributed by atoms with van der Waals surface area (Å²) in [6.45, 7) is -3.14. The van der Waals surface area contributed by atoms with Gasteiger partial charge >= 0.3 is 0 Å². The van der Waals surface area contributed by atoms with Gasteiger partial charge in [-0.1, -0.05) is 36.1 Å². The van der Waals surface area contributed by atoms with Crippen molar-refractivity contribution < 1.29 is 19.9 Å². The number of carbonyl (C=O) groups excluding carboxylic acids is 1. The number of halogens is 1. The second-order valence-corrected chi connectivity index (χ2v) is 3.67. The molecule has 0 heterocycles. The van der Waals surface area contributed by atoms with Crippen molar-refractivity contribution in [3.8, 4) is 0 Å². The van der Waals surface area contributed by atoms with Crippen LogP contribution in [0.3, 0.4) is 0 Å². The maximum atomic E-state index is 12.9. The minimum Gasteiger partial charge on any atom is -0.304 e. The Morgan fingerprint density at radius 3 is 3.25 bits per heavy atom. The summed E-state index contributed by atoms with van der Waals surface area (Å²) in [7, 11) is 0. The summed E-state index contributed by atoms with van der Waals surface area (Å²) < 4.78 is 86.4. The zero-order valence-corrected chi connectivity index (χ0v) is 8.96. The lowest BCUT2D eigenvalue weighted by atomic mass is 9.75. The predicted molar refractivity (Wildman–Crippen MR) is 65.7 cm³/mol. The van der Waals surface area contributed by atoms with Crippen LogP contribution in [0.25, 0.3) is 0 Å². The molecule has 1 aliphatic carbocycles. The molecule has 0 aromatic heterocycles. The average Bonchev–Trinajstić information content (AvgIpc) is 2.52. The van der Waals surface area contributed by atoms with Crippen molar-refractivity contribution in [1.82, 2.24) is 5.32 Å². The molecule has 2 nitrogen and oxygen atoms in total. The molecule has 0 amide bonds. The Labute approximate surface area is 116 Å². The van der Waals surface area contributed by atoms with E-state index < -0.39 is 78.6 Å². The van der Waals surface area contributed by atoms with Gasteiger partial charge in [0, 0.05) is 21.0 Å². The number of hydrogen-bond donors (Lipinski definition) is 1. The molecule has 0 aliphatic heterocycles. The summed E-state index contributed by atoms with van der Waals surface area (Å²) in [5, 5.41) is 1.10. The van der Waals surface area contributed by atoms with Gasteiger partial charge in [0.05, 0.1) is 5.48 Å². The monoisotopic (exact) mass is 248 g/mol. The van der Waals surface area contributed by atoms with Crippen LogP contribution in [0.4, 0.5) is 0 Å². The highest BCUT2D eigenvalue weighted by Crippen LogP contribution is 2.37. The number of benzene rings is 1. The molecule has 86 valence electrons. The van der Waals surface area contributed by atoms with Gasteiger partial charge in [-0.25, -0.2) is 0 Å². The number of carbonyl (C=O) groups is 1. The van der Waals surface area contributed by atoms with Crippen molar-refractivity contribution in [1.29, 1.82) is 0 Å². The Bertz CT molecular complexity index is 777. The van der Waals surface area contributed by atoms with E-state index in [1.807, 2.05) is 5.32 Å². The van der Waals surface area contributed by atoms with Gasteiger partial charge in [-0.15, -0.1) is 0 Å². The Kier molecular flexibility index (Phi) is 1.17. The van der Waals surface area contributed by atoms with E-state index in [0.29, 0.717) is 0 Å². The molecule has 1 saturated carbocycles. The van der Waals surface area contributed by atoms with Crippen LogP contribution in [0.2, 0.25) is 5.02 Å². The number of ketones is 1. The number of hydrogen-bond acceptors (Lipinski definition) is 2. The van der Waals surface area contributed by atoms with E-state index in [9.17, 15) is 4.79 Å². The van der Waals surface area contributed by atoms with Gasteiger partial charge in [0.15, 0.2) is 5.78 Å². The second-order valence-electron chi connectivity index (χ2n) is 3.29. The van der Waals surface area contributed by atoms with Crippen molar-refractivity contribution >= 4 is 17.4 Å². The minimum absolute atomic E-state index is 0.522. The third-order valence-corrected chi connectivity index (χ3v) is 2.66. The quantitative estimate of drug-likeness (QED) is 0.872. The number of Topliss-reactive ketones (excluding diaryl/α,β-unsaturated/α-hetero) is 1. The van der Waals surface area contributed by atoms with Crippen LogP contribution < -0.4 is 5.32 Å². The van der Waals surface area contributed by atoms with E-state index in [0.717, 1.165) is 0 Å². The lowest BCUT2D eigenvalue weighted by Gasteiger charge is -2.36. The molecule has 1 aliphatic rings. The molecule has 0 spiro atoms. The highest BCUT2D eigenvalue weighted by atomic mass is 35.5. The highest BCUT2D eigenvalue weighted by Gasteiger charge is 2.40. The van der Waals surface area contributed by atoms with Gasteiger partial charge < -0.3 is 5.32 Å². The van der Waals surface area contributed by atoms with Crippen molar-refractivity contribution in [2.45, 2.75) is 31.1 Å². The molecule has 0 saturated heterocycles. The van der Waals surface area contributed by atoms with Crippen LogP contribution in [0.5, 0.6) is 0 Å². The molecule has 1 unspecified atom stereocenters. The Hall–Kier alpha value is -0.860. The molecule has 1 aromatic rings. The van der Waals surface area contributed by atoms with Gasteiger partial charge in [-0.2, -0.15) is 0 Å². The zero-order valence-electron chi connectivity index (χ0n) is 19.2. The highest BCUT2D eigenvalue weighted by molar-refractivity contribution is 6.31. The van der Waals surface area contributed by atoms with Gasteiger partial charge in [0.25, 0.3) is 0 Å². The molecular formula is C13H16ClNO.